The van der Waals surface area contributed by atoms with Gasteiger partial charge in [-0.25, -0.2) is 0 Å². The van der Waals surface area contributed by atoms with Gasteiger partial charge in [-0.05, 0) is 29.2 Å². The highest BCUT2D eigenvalue weighted by molar-refractivity contribution is 5.79. The molecule has 2 aromatic carbocycles. The number of hydrogen-bond donors (Lipinski definition) is 1. The number of nitrogens with one attached hydrogen (secondary N) is 1. The first-order valence-electron chi connectivity index (χ1n) is 7.57. The number of ether oxygens (including phenoxy) is 1. The first-order chi connectivity index (χ1) is 10.6. The summed E-state index contributed by atoms with van der Waals surface area (Å²) in [6, 6.07) is 17.7. The van der Waals surface area contributed by atoms with Crippen LogP contribution in [0.4, 0.5) is 0 Å². The predicted molar refractivity (Wildman–Crippen MR) is 88.9 cm³/mol. The van der Waals surface area contributed by atoms with Gasteiger partial charge < -0.3 is 10.1 Å². The SMILES string of the molecule is COc1cccc(CC(=O)NC(c2ccccc2)C(C)C)c1. The third-order valence-electron chi connectivity index (χ3n) is 3.64. The van der Waals surface area contributed by atoms with Crippen LogP contribution < -0.4 is 10.1 Å². The van der Waals surface area contributed by atoms with Crippen LogP contribution in [0.1, 0.15) is 31.0 Å². The number of carbonyl (C=O) groups is 1. The number of benzene rings is 2. The molecule has 116 valence electrons. The molecule has 0 aliphatic carbocycles. The summed E-state index contributed by atoms with van der Waals surface area (Å²) in [6.07, 6.45) is 0.354. The fraction of sp³-hybridized carbons (Fsp3) is 0.316. The Bertz CT molecular complexity index is 608. The minimum Gasteiger partial charge on any atom is -0.497 e. The van der Waals surface area contributed by atoms with Gasteiger partial charge in [0, 0.05) is 0 Å². The second-order valence-corrected chi connectivity index (χ2v) is 5.73. The first kappa shape index (κ1) is 16.1. The minimum absolute atomic E-state index is 0.0239. The molecule has 0 saturated carbocycles. The van der Waals surface area contributed by atoms with E-state index in [0.717, 1.165) is 16.9 Å². The summed E-state index contributed by atoms with van der Waals surface area (Å²) in [6.45, 7) is 4.23. The number of carbonyl (C=O) groups excluding carboxylic acids is 1. The molecule has 0 saturated heterocycles. The molecule has 3 nitrogen and oxygen atoms in total. The van der Waals surface area contributed by atoms with E-state index in [2.05, 4.69) is 31.3 Å². The van der Waals surface area contributed by atoms with E-state index in [4.69, 9.17) is 4.74 Å². The Labute approximate surface area is 132 Å². The molecule has 1 N–H and O–H groups in total. The van der Waals surface area contributed by atoms with Gasteiger partial charge in [0.15, 0.2) is 0 Å². The topological polar surface area (TPSA) is 38.3 Å². The number of methoxy groups -OCH3 is 1. The Morgan fingerprint density at radius 2 is 1.82 bits per heavy atom. The van der Waals surface area contributed by atoms with Crippen molar-refractivity contribution in [1.29, 1.82) is 0 Å². The Morgan fingerprint density at radius 3 is 2.45 bits per heavy atom. The average molecular weight is 297 g/mol. The first-order valence-corrected chi connectivity index (χ1v) is 7.57. The van der Waals surface area contributed by atoms with Crippen LogP contribution in [0.25, 0.3) is 0 Å². The van der Waals surface area contributed by atoms with Gasteiger partial charge in [0.25, 0.3) is 0 Å². The predicted octanol–water partition coefficient (Wildman–Crippen LogP) is 3.75. The Hall–Kier alpha value is -2.29. The molecule has 0 radical (unpaired) electrons. The molecule has 0 fully saturated rings. The number of hydrogen-bond acceptors (Lipinski definition) is 2. The highest BCUT2D eigenvalue weighted by Crippen LogP contribution is 2.21. The lowest BCUT2D eigenvalue weighted by molar-refractivity contribution is -0.121. The molecular weight excluding hydrogens is 274 g/mol. The molecule has 0 heterocycles. The molecular formula is C19H23NO2. The lowest BCUT2D eigenvalue weighted by Crippen LogP contribution is -2.32. The van der Waals surface area contributed by atoms with E-state index in [1.54, 1.807) is 7.11 Å². The molecule has 3 heteroatoms. The van der Waals surface area contributed by atoms with Crippen molar-refractivity contribution in [3.8, 4) is 5.75 Å². The van der Waals surface area contributed by atoms with Crippen molar-refractivity contribution < 1.29 is 9.53 Å². The van der Waals surface area contributed by atoms with Gasteiger partial charge in [0.1, 0.15) is 5.75 Å². The van der Waals surface area contributed by atoms with Crippen LogP contribution >= 0.6 is 0 Å². The standard InChI is InChI=1S/C19H23NO2/c1-14(2)19(16-9-5-4-6-10-16)20-18(21)13-15-8-7-11-17(12-15)22-3/h4-12,14,19H,13H2,1-3H3,(H,20,21). The molecule has 1 atom stereocenters. The van der Waals surface area contributed by atoms with E-state index in [1.165, 1.54) is 0 Å². The van der Waals surface area contributed by atoms with Gasteiger partial charge in [-0.2, -0.15) is 0 Å². The molecule has 0 aliphatic rings. The molecule has 0 bridgehead atoms. The summed E-state index contributed by atoms with van der Waals surface area (Å²) in [4.78, 5) is 12.3. The Balaban J connectivity index is 2.05. The van der Waals surface area contributed by atoms with Crippen molar-refractivity contribution in [1.82, 2.24) is 5.32 Å². The maximum absolute atomic E-state index is 12.3. The number of amides is 1. The maximum Gasteiger partial charge on any atom is 0.224 e. The van der Waals surface area contributed by atoms with Gasteiger partial charge in [-0.1, -0.05) is 56.3 Å². The van der Waals surface area contributed by atoms with Gasteiger partial charge >= 0.3 is 0 Å². The average Bonchev–Trinajstić information content (AvgIpc) is 2.53. The fourth-order valence-electron chi connectivity index (χ4n) is 2.49. The molecule has 0 aliphatic heterocycles. The maximum atomic E-state index is 12.3. The zero-order valence-corrected chi connectivity index (χ0v) is 13.4. The molecule has 0 spiro atoms. The van der Waals surface area contributed by atoms with E-state index < -0.39 is 0 Å². The summed E-state index contributed by atoms with van der Waals surface area (Å²) < 4.78 is 5.19. The van der Waals surface area contributed by atoms with Crippen LogP contribution in [0, 0.1) is 5.92 Å². The summed E-state index contributed by atoms with van der Waals surface area (Å²) in [7, 11) is 1.63. The van der Waals surface area contributed by atoms with Crippen LogP contribution in [0.3, 0.4) is 0 Å². The quantitative estimate of drug-likeness (QED) is 0.882. The van der Waals surface area contributed by atoms with Gasteiger partial charge in [0.05, 0.1) is 19.6 Å². The van der Waals surface area contributed by atoms with Crippen LogP contribution in [-0.4, -0.2) is 13.0 Å². The molecule has 2 rings (SSSR count). The van der Waals surface area contributed by atoms with E-state index >= 15 is 0 Å². The van der Waals surface area contributed by atoms with Crippen molar-refractivity contribution in [3.05, 3.63) is 65.7 Å². The molecule has 1 unspecified atom stereocenters. The van der Waals surface area contributed by atoms with E-state index in [9.17, 15) is 4.79 Å². The zero-order valence-electron chi connectivity index (χ0n) is 13.4. The minimum atomic E-state index is 0.0239. The van der Waals surface area contributed by atoms with E-state index in [1.807, 2.05) is 42.5 Å². The van der Waals surface area contributed by atoms with Crippen molar-refractivity contribution in [2.75, 3.05) is 7.11 Å². The third kappa shape index (κ3) is 4.35. The lowest BCUT2D eigenvalue weighted by atomic mass is 9.95. The Morgan fingerprint density at radius 1 is 1.09 bits per heavy atom. The van der Waals surface area contributed by atoms with Crippen LogP contribution in [0.5, 0.6) is 5.75 Å². The second-order valence-electron chi connectivity index (χ2n) is 5.73. The third-order valence-corrected chi connectivity index (χ3v) is 3.64. The van der Waals surface area contributed by atoms with Crippen LogP contribution in [-0.2, 0) is 11.2 Å². The fourth-order valence-corrected chi connectivity index (χ4v) is 2.49. The second kappa shape index (κ2) is 7.64. The van der Waals surface area contributed by atoms with Crippen molar-refractivity contribution in [2.45, 2.75) is 26.3 Å². The van der Waals surface area contributed by atoms with Gasteiger partial charge in [-0.15, -0.1) is 0 Å². The molecule has 22 heavy (non-hydrogen) atoms. The molecule has 0 aromatic heterocycles. The largest absolute Gasteiger partial charge is 0.497 e. The summed E-state index contributed by atoms with van der Waals surface area (Å²) >= 11 is 0. The van der Waals surface area contributed by atoms with E-state index in [-0.39, 0.29) is 11.9 Å². The van der Waals surface area contributed by atoms with Crippen molar-refractivity contribution in [3.63, 3.8) is 0 Å². The number of rotatable bonds is 6. The summed E-state index contributed by atoms with van der Waals surface area (Å²) in [5.74, 6) is 1.13. The normalized spacial score (nSPS) is 12.0. The molecule has 2 aromatic rings. The monoisotopic (exact) mass is 297 g/mol. The van der Waals surface area contributed by atoms with Crippen molar-refractivity contribution in [2.24, 2.45) is 5.92 Å². The lowest BCUT2D eigenvalue weighted by Gasteiger charge is -2.23. The van der Waals surface area contributed by atoms with Gasteiger partial charge in [0.2, 0.25) is 5.91 Å². The van der Waals surface area contributed by atoms with Crippen LogP contribution in [0.2, 0.25) is 0 Å². The van der Waals surface area contributed by atoms with Crippen molar-refractivity contribution >= 4 is 5.91 Å². The summed E-state index contributed by atoms with van der Waals surface area (Å²) in [5, 5.41) is 3.14. The Kier molecular flexibility index (Phi) is 5.59. The van der Waals surface area contributed by atoms with Crippen LogP contribution in [0.15, 0.2) is 54.6 Å². The smallest absolute Gasteiger partial charge is 0.224 e. The zero-order chi connectivity index (χ0) is 15.9. The molecule has 1 amide bonds. The van der Waals surface area contributed by atoms with E-state index in [0.29, 0.717) is 12.3 Å². The summed E-state index contributed by atoms with van der Waals surface area (Å²) in [5.41, 5.74) is 2.09. The highest BCUT2D eigenvalue weighted by atomic mass is 16.5. The highest BCUT2D eigenvalue weighted by Gasteiger charge is 2.18. The van der Waals surface area contributed by atoms with Gasteiger partial charge in [-0.3, -0.25) is 4.79 Å².